The van der Waals surface area contributed by atoms with Crippen LogP contribution in [0.5, 0.6) is 0 Å². The maximum absolute atomic E-state index is 13.2. The predicted molar refractivity (Wildman–Crippen MR) is 68.1 cm³/mol. The van der Waals surface area contributed by atoms with Gasteiger partial charge in [-0.05, 0) is 5.56 Å². The van der Waals surface area contributed by atoms with Crippen LogP contribution in [0.25, 0.3) is 0 Å². The van der Waals surface area contributed by atoms with Gasteiger partial charge < -0.3 is 5.32 Å². The van der Waals surface area contributed by atoms with Crippen molar-refractivity contribution in [3.8, 4) is 0 Å². The summed E-state index contributed by atoms with van der Waals surface area (Å²) in [5.74, 6) is -2.66. The number of imide groups is 1. The van der Waals surface area contributed by atoms with Crippen LogP contribution in [0, 0.1) is 0 Å². The Kier molecular flexibility index (Phi) is 3.82. The van der Waals surface area contributed by atoms with Crippen molar-refractivity contribution in [3.63, 3.8) is 0 Å². The van der Waals surface area contributed by atoms with Crippen molar-refractivity contribution in [1.29, 1.82) is 0 Å². The molecule has 0 bridgehead atoms. The number of amides is 4. The number of halogens is 3. The monoisotopic (exact) mass is 315 g/mol. The summed E-state index contributed by atoms with van der Waals surface area (Å²) in [6.07, 6.45) is -5.17. The van der Waals surface area contributed by atoms with E-state index in [-0.39, 0.29) is 6.54 Å². The Morgan fingerprint density at radius 1 is 1.27 bits per heavy atom. The van der Waals surface area contributed by atoms with Crippen LogP contribution in [0.2, 0.25) is 0 Å². The fourth-order valence-corrected chi connectivity index (χ4v) is 2.10. The molecule has 1 heterocycles. The molecule has 1 aromatic rings. The maximum Gasteiger partial charge on any atom is 0.440 e. The van der Waals surface area contributed by atoms with E-state index >= 15 is 0 Å². The summed E-state index contributed by atoms with van der Waals surface area (Å²) in [5.41, 5.74) is -2.95. The van der Waals surface area contributed by atoms with Gasteiger partial charge >= 0.3 is 12.2 Å². The summed E-state index contributed by atoms with van der Waals surface area (Å²) in [5, 5.41) is 3.04. The van der Waals surface area contributed by atoms with E-state index < -0.39 is 29.7 Å². The molecule has 4 amide bonds. The van der Waals surface area contributed by atoms with Crippen LogP contribution in [0.3, 0.4) is 0 Å². The highest BCUT2D eigenvalue weighted by Crippen LogP contribution is 2.34. The SMILES string of the molecule is CC(=O)N[C@@]1(C(F)(F)F)NC(=O)N(Cc2ccccc2)C1=O. The molecular weight excluding hydrogens is 303 g/mol. The number of alkyl halides is 3. The second-order valence-corrected chi connectivity index (χ2v) is 4.74. The van der Waals surface area contributed by atoms with E-state index in [4.69, 9.17) is 0 Å². The van der Waals surface area contributed by atoms with Crippen molar-refractivity contribution < 1.29 is 27.6 Å². The summed E-state index contributed by atoms with van der Waals surface area (Å²) in [6, 6.07) is 6.84. The van der Waals surface area contributed by atoms with Crippen LogP contribution in [-0.4, -0.2) is 34.6 Å². The Bertz CT molecular complexity index is 618. The molecule has 0 saturated carbocycles. The Balaban J connectivity index is 2.35. The highest BCUT2D eigenvalue weighted by molar-refractivity contribution is 6.08. The lowest BCUT2D eigenvalue weighted by molar-refractivity contribution is -0.204. The zero-order valence-electron chi connectivity index (χ0n) is 11.4. The smallest absolute Gasteiger partial charge is 0.318 e. The third-order valence-electron chi connectivity index (χ3n) is 3.08. The molecule has 0 aliphatic carbocycles. The number of benzene rings is 1. The number of nitrogens with zero attached hydrogens (tertiary/aromatic N) is 1. The van der Waals surface area contributed by atoms with Crippen molar-refractivity contribution in [3.05, 3.63) is 35.9 Å². The number of hydrogen-bond acceptors (Lipinski definition) is 3. The molecule has 2 N–H and O–H groups in total. The maximum atomic E-state index is 13.2. The first kappa shape index (κ1) is 15.8. The summed E-state index contributed by atoms with van der Waals surface area (Å²) < 4.78 is 39.7. The minimum absolute atomic E-state index is 0.330. The number of rotatable bonds is 3. The van der Waals surface area contributed by atoms with Gasteiger partial charge in [-0.3, -0.25) is 19.8 Å². The Morgan fingerprint density at radius 2 is 1.86 bits per heavy atom. The molecule has 0 unspecified atom stereocenters. The van der Waals surface area contributed by atoms with Gasteiger partial charge in [-0.1, -0.05) is 30.3 Å². The largest absolute Gasteiger partial charge is 0.440 e. The van der Waals surface area contributed by atoms with Crippen LogP contribution in [0.15, 0.2) is 30.3 Å². The van der Waals surface area contributed by atoms with E-state index in [9.17, 15) is 27.6 Å². The molecule has 6 nitrogen and oxygen atoms in total. The quantitative estimate of drug-likeness (QED) is 0.821. The van der Waals surface area contributed by atoms with Gasteiger partial charge in [0.05, 0.1) is 6.54 Å². The molecule has 0 spiro atoms. The summed E-state index contributed by atoms with van der Waals surface area (Å²) in [7, 11) is 0. The average molecular weight is 315 g/mol. The standard InChI is InChI=1S/C13H12F3N3O3/c1-8(20)17-12(13(14,15)16)10(21)19(11(22)18-12)7-9-5-3-2-4-6-9/h2-6H,7H2,1H3,(H,17,20)(H,18,22)/t12-/m1/s1. The fraction of sp³-hybridized carbons (Fsp3) is 0.308. The van der Waals surface area contributed by atoms with Gasteiger partial charge in [0.15, 0.2) is 0 Å². The first-order valence-electron chi connectivity index (χ1n) is 6.21. The molecule has 1 aliphatic rings. The molecule has 1 aromatic carbocycles. The van der Waals surface area contributed by atoms with E-state index in [2.05, 4.69) is 0 Å². The van der Waals surface area contributed by atoms with Crippen LogP contribution < -0.4 is 10.6 Å². The minimum atomic E-state index is -5.17. The third-order valence-corrected chi connectivity index (χ3v) is 3.08. The Morgan fingerprint density at radius 3 is 2.36 bits per heavy atom. The first-order valence-corrected chi connectivity index (χ1v) is 6.21. The summed E-state index contributed by atoms with van der Waals surface area (Å²) in [4.78, 5) is 35.4. The van der Waals surface area contributed by atoms with Crippen molar-refractivity contribution in [1.82, 2.24) is 15.5 Å². The van der Waals surface area contributed by atoms with Crippen molar-refractivity contribution in [2.45, 2.75) is 25.3 Å². The van der Waals surface area contributed by atoms with Gasteiger partial charge in [-0.25, -0.2) is 4.79 Å². The number of carbonyl (C=O) groups excluding carboxylic acids is 3. The minimum Gasteiger partial charge on any atom is -0.318 e. The lowest BCUT2D eigenvalue weighted by Gasteiger charge is -2.29. The molecule has 118 valence electrons. The van der Waals surface area contributed by atoms with Gasteiger partial charge in [0.25, 0.3) is 11.6 Å². The van der Waals surface area contributed by atoms with Gasteiger partial charge in [0, 0.05) is 6.92 Å². The summed E-state index contributed by atoms with van der Waals surface area (Å²) in [6.45, 7) is 0.496. The van der Waals surface area contributed by atoms with Crippen molar-refractivity contribution in [2.75, 3.05) is 0 Å². The Labute approximate surface area is 123 Å². The van der Waals surface area contributed by atoms with E-state index in [0.29, 0.717) is 10.5 Å². The van der Waals surface area contributed by atoms with E-state index in [1.54, 1.807) is 30.3 Å². The third kappa shape index (κ3) is 2.61. The van der Waals surface area contributed by atoms with Crippen molar-refractivity contribution in [2.24, 2.45) is 0 Å². The van der Waals surface area contributed by atoms with Gasteiger partial charge in [-0.2, -0.15) is 13.2 Å². The lowest BCUT2D eigenvalue weighted by atomic mass is 10.1. The highest BCUT2D eigenvalue weighted by atomic mass is 19.4. The van der Waals surface area contributed by atoms with Gasteiger partial charge in [-0.15, -0.1) is 0 Å². The van der Waals surface area contributed by atoms with Gasteiger partial charge in [0.2, 0.25) is 5.91 Å². The zero-order valence-corrected chi connectivity index (χ0v) is 11.4. The predicted octanol–water partition coefficient (Wildman–Crippen LogP) is 1.13. The molecule has 22 heavy (non-hydrogen) atoms. The molecule has 0 aromatic heterocycles. The summed E-state index contributed by atoms with van der Waals surface area (Å²) >= 11 is 0. The topological polar surface area (TPSA) is 78.5 Å². The van der Waals surface area contributed by atoms with Crippen LogP contribution in [0.1, 0.15) is 12.5 Å². The van der Waals surface area contributed by atoms with Crippen LogP contribution in [0.4, 0.5) is 18.0 Å². The molecule has 0 radical (unpaired) electrons. The highest BCUT2D eigenvalue weighted by Gasteiger charge is 2.68. The van der Waals surface area contributed by atoms with E-state index in [1.807, 2.05) is 0 Å². The van der Waals surface area contributed by atoms with Crippen LogP contribution >= 0.6 is 0 Å². The number of urea groups is 1. The van der Waals surface area contributed by atoms with Crippen LogP contribution in [-0.2, 0) is 16.1 Å². The number of hydrogen-bond donors (Lipinski definition) is 2. The molecular formula is C13H12F3N3O3. The first-order chi connectivity index (χ1) is 10.2. The zero-order chi connectivity index (χ0) is 16.5. The fourth-order valence-electron chi connectivity index (χ4n) is 2.10. The average Bonchev–Trinajstić information content (AvgIpc) is 2.64. The molecule has 2 rings (SSSR count). The number of nitrogens with one attached hydrogen (secondary N) is 2. The van der Waals surface area contributed by atoms with Gasteiger partial charge in [0.1, 0.15) is 0 Å². The second-order valence-electron chi connectivity index (χ2n) is 4.74. The molecule has 9 heteroatoms. The molecule has 1 aliphatic heterocycles. The molecule has 1 fully saturated rings. The Hall–Kier alpha value is -2.58. The molecule has 1 saturated heterocycles. The number of carbonyl (C=O) groups is 3. The second kappa shape index (κ2) is 5.32. The van der Waals surface area contributed by atoms with E-state index in [0.717, 1.165) is 6.92 Å². The molecule has 1 atom stereocenters. The van der Waals surface area contributed by atoms with Crippen molar-refractivity contribution >= 4 is 17.8 Å². The normalized spacial score (nSPS) is 21.7. The van der Waals surface area contributed by atoms with E-state index in [1.165, 1.54) is 10.6 Å². The lowest BCUT2D eigenvalue weighted by Crippen LogP contribution is -2.69.